The normalized spacial score (nSPS) is 11.3. The number of aryl methyl sites for hydroxylation is 1. The maximum absolute atomic E-state index is 13.5. The lowest BCUT2D eigenvalue weighted by molar-refractivity contribution is 0.426. The van der Waals surface area contributed by atoms with Crippen LogP contribution >= 0.6 is 0 Å². The molecule has 0 saturated carbocycles. The van der Waals surface area contributed by atoms with Crippen molar-refractivity contribution in [1.29, 1.82) is 0 Å². The number of aromatic nitrogens is 5. The average Bonchev–Trinajstić information content (AvgIpc) is 3.36. The lowest BCUT2D eigenvalue weighted by Gasteiger charge is -2.05. The summed E-state index contributed by atoms with van der Waals surface area (Å²) in [5.41, 5.74) is 1.72. The minimum absolute atomic E-state index is 0.0961. The third-order valence-electron chi connectivity index (χ3n) is 4.72. The summed E-state index contributed by atoms with van der Waals surface area (Å²) < 4.78 is 20.1. The fourth-order valence-electron chi connectivity index (χ4n) is 3.20. The van der Waals surface area contributed by atoms with Gasteiger partial charge in [-0.2, -0.15) is 10.1 Å². The van der Waals surface area contributed by atoms with Gasteiger partial charge < -0.3 is 14.6 Å². The molecule has 3 heterocycles. The average molecular weight is 403 g/mol. The highest BCUT2D eigenvalue weighted by Crippen LogP contribution is 2.32. The summed E-state index contributed by atoms with van der Waals surface area (Å²) in [6, 6.07) is 13.2. The Morgan fingerprint density at radius 3 is 2.73 bits per heavy atom. The first-order chi connectivity index (χ1) is 14.5. The van der Waals surface area contributed by atoms with E-state index < -0.39 is 11.4 Å². The van der Waals surface area contributed by atoms with Gasteiger partial charge in [0.1, 0.15) is 22.8 Å². The first-order valence-corrected chi connectivity index (χ1v) is 9.01. The molecule has 0 unspecified atom stereocenters. The maximum Gasteiger partial charge on any atom is 0.267 e. The molecule has 0 saturated heterocycles. The molecule has 2 N–H and O–H groups in total. The summed E-state index contributed by atoms with van der Waals surface area (Å²) in [6.07, 6.45) is 1.44. The fraction of sp³-hybridized carbons (Fsp3) is 0.0476. The van der Waals surface area contributed by atoms with E-state index in [1.165, 1.54) is 29.1 Å². The molecule has 0 bridgehead atoms. The Bertz CT molecular complexity index is 1450. The number of hydrogen-bond acceptors (Lipinski definition) is 6. The summed E-state index contributed by atoms with van der Waals surface area (Å²) in [4.78, 5) is 19.6. The van der Waals surface area contributed by atoms with Crippen LogP contribution in [0.1, 0.15) is 5.56 Å². The molecule has 0 fully saturated rings. The second-order valence-corrected chi connectivity index (χ2v) is 6.77. The lowest BCUT2D eigenvalue weighted by Crippen LogP contribution is -2.11. The van der Waals surface area contributed by atoms with Gasteiger partial charge in [0.25, 0.3) is 11.4 Å². The lowest BCUT2D eigenvalue weighted by atomic mass is 10.2. The zero-order valence-electron chi connectivity index (χ0n) is 15.6. The highest BCUT2D eigenvalue weighted by atomic mass is 19.1. The van der Waals surface area contributed by atoms with Gasteiger partial charge in [-0.3, -0.25) is 4.79 Å². The molecule has 8 nitrogen and oxygen atoms in total. The number of benzene rings is 2. The molecule has 2 aromatic carbocycles. The fourth-order valence-corrected chi connectivity index (χ4v) is 3.20. The number of aromatic amines is 1. The number of hydrogen-bond donors (Lipinski definition) is 2. The molecular weight excluding hydrogens is 389 g/mol. The standard InChI is InChI=1S/C21H14FN5O3/c1-11-5-7-14(8-6-11)27-19-15(10-23-27)17(28)16(20(29)25-19)21-24-18(26-30-21)12-3-2-4-13(22)9-12/h2-10H,1H3,(H2,25,28,29). The van der Waals surface area contributed by atoms with Gasteiger partial charge in [-0.15, -0.1) is 0 Å². The molecule has 5 rings (SSSR count). The number of nitrogens with zero attached hydrogens (tertiary/aromatic N) is 4. The van der Waals surface area contributed by atoms with Crippen molar-refractivity contribution in [2.24, 2.45) is 0 Å². The molecular formula is C21H14FN5O3. The third kappa shape index (κ3) is 2.84. The van der Waals surface area contributed by atoms with E-state index in [1.54, 1.807) is 6.07 Å². The second-order valence-electron chi connectivity index (χ2n) is 6.77. The Balaban J connectivity index is 1.63. The Labute approximate surface area is 168 Å². The predicted molar refractivity (Wildman–Crippen MR) is 107 cm³/mol. The topological polar surface area (TPSA) is 110 Å². The Morgan fingerprint density at radius 1 is 1.17 bits per heavy atom. The van der Waals surface area contributed by atoms with Crippen LogP contribution in [-0.4, -0.2) is 30.0 Å². The monoisotopic (exact) mass is 403 g/mol. The van der Waals surface area contributed by atoms with Crippen molar-refractivity contribution in [3.8, 4) is 34.3 Å². The molecule has 0 atom stereocenters. The SMILES string of the molecule is Cc1ccc(-n2ncc3c(O)c(-c4nc(-c5cccc(F)c5)no4)c(=O)[nH]c32)cc1. The van der Waals surface area contributed by atoms with Crippen molar-refractivity contribution < 1.29 is 14.0 Å². The van der Waals surface area contributed by atoms with E-state index in [-0.39, 0.29) is 23.0 Å². The largest absolute Gasteiger partial charge is 0.506 e. The van der Waals surface area contributed by atoms with Crippen LogP contribution in [0.5, 0.6) is 5.75 Å². The number of pyridine rings is 1. The molecule has 0 aliphatic heterocycles. The molecule has 3 aromatic heterocycles. The van der Waals surface area contributed by atoms with Gasteiger partial charge in [-0.25, -0.2) is 9.07 Å². The van der Waals surface area contributed by atoms with E-state index in [0.29, 0.717) is 16.6 Å². The first-order valence-electron chi connectivity index (χ1n) is 9.01. The summed E-state index contributed by atoms with van der Waals surface area (Å²) in [7, 11) is 0. The molecule has 9 heteroatoms. The number of fused-ring (bicyclic) bond motifs is 1. The summed E-state index contributed by atoms with van der Waals surface area (Å²) in [5, 5.41) is 19.1. The molecule has 0 aliphatic carbocycles. The van der Waals surface area contributed by atoms with Gasteiger partial charge in [0, 0.05) is 5.56 Å². The summed E-state index contributed by atoms with van der Waals surface area (Å²) in [6.45, 7) is 1.97. The van der Waals surface area contributed by atoms with Gasteiger partial charge in [0.2, 0.25) is 5.82 Å². The molecule has 0 aliphatic rings. The van der Waals surface area contributed by atoms with Crippen LogP contribution < -0.4 is 5.56 Å². The van der Waals surface area contributed by atoms with E-state index in [1.807, 2.05) is 31.2 Å². The van der Waals surface area contributed by atoms with E-state index in [4.69, 9.17) is 4.52 Å². The quantitative estimate of drug-likeness (QED) is 0.476. The molecule has 0 amide bonds. The van der Waals surface area contributed by atoms with Crippen LogP contribution in [-0.2, 0) is 0 Å². The van der Waals surface area contributed by atoms with E-state index in [9.17, 15) is 14.3 Å². The smallest absolute Gasteiger partial charge is 0.267 e. The minimum atomic E-state index is -0.622. The minimum Gasteiger partial charge on any atom is -0.506 e. The Hall–Kier alpha value is -4.27. The summed E-state index contributed by atoms with van der Waals surface area (Å²) in [5.74, 6) is -0.872. The van der Waals surface area contributed by atoms with Crippen LogP contribution in [0.25, 0.3) is 39.6 Å². The van der Waals surface area contributed by atoms with Gasteiger partial charge in [-0.1, -0.05) is 35.0 Å². The van der Waals surface area contributed by atoms with Gasteiger partial charge >= 0.3 is 0 Å². The molecule has 30 heavy (non-hydrogen) atoms. The van der Waals surface area contributed by atoms with E-state index in [0.717, 1.165) is 11.3 Å². The van der Waals surface area contributed by atoms with Gasteiger partial charge in [-0.05, 0) is 31.2 Å². The van der Waals surface area contributed by atoms with E-state index >= 15 is 0 Å². The zero-order chi connectivity index (χ0) is 20.8. The van der Waals surface area contributed by atoms with Crippen molar-refractivity contribution in [3.05, 3.63) is 76.5 Å². The maximum atomic E-state index is 13.5. The van der Waals surface area contributed by atoms with Crippen molar-refractivity contribution in [3.63, 3.8) is 0 Å². The molecule has 5 aromatic rings. The van der Waals surface area contributed by atoms with Crippen LogP contribution in [0.2, 0.25) is 0 Å². The van der Waals surface area contributed by atoms with Crippen LogP contribution in [0.3, 0.4) is 0 Å². The Kier molecular flexibility index (Phi) is 3.95. The molecule has 0 radical (unpaired) electrons. The molecule has 0 spiro atoms. The van der Waals surface area contributed by atoms with Crippen molar-refractivity contribution >= 4 is 11.0 Å². The van der Waals surface area contributed by atoms with Crippen molar-refractivity contribution in [2.75, 3.05) is 0 Å². The van der Waals surface area contributed by atoms with Gasteiger partial charge in [0.15, 0.2) is 0 Å². The van der Waals surface area contributed by atoms with Crippen LogP contribution in [0.4, 0.5) is 4.39 Å². The predicted octanol–water partition coefficient (Wildman–Crippen LogP) is 3.58. The van der Waals surface area contributed by atoms with Crippen LogP contribution in [0, 0.1) is 12.7 Å². The van der Waals surface area contributed by atoms with E-state index in [2.05, 4.69) is 20.2 Å². The second kappa shape index (κ2) is 6.66. The highest BCUT2D eigenvalue weighted by Gasteiger charge is 2.22. The van der Waals surface area contributed by atoms with Gasteiger partial charge in [0.05, 0.1) is 17.3 Å². The zero-order valence-corrected chi connectivity index (χ0v) is 15.6. The number of H-pyrrole nitrogens is 1. The number of rotatable bonds is 3. The first kappa shape index (κ1) is 17.8. The van der Waals surface area contributed by atoms with Crippen molar-refractivity contribution in [2.45, 2.75) is 6.92 Å². The molecule has 148 valence electrons. The summed E-state index contributed by atoms with van der Waals surface area (Å²) >= 11 is 0. The Morgan fingerprint density at radius 2 is 1.97 bits per heavy atom. The number of nitrogens with one attached hydrogen (secondary N) is 1. The van der Waals surface area contributed by atoms with Crippen molar-refractivity contribution in [1.82, 2.24) is 24.9 Å². The highest BCUT2D eigenvalue weighted by molar-refractivity contribution is 5.89. The van der Waals surface area contributed by atoms with Crippen LogP contribution in [0.15, 0.2) is 64.0 Å². The number of aromatic hydroxyl groups is 1. The number of halogens is 1. The third-order valence-corrected chi connectivity index (χ3v) is 4.72.